The molecule has 11 heteroatoms. The summed E-state index contributed by atoms with van der Waals surface area (Å²) in [6.07, 6.45) is -0.532. The topological polar surface area (TPSA) is 120 Å². The van der Waals surface area contributed by atoms with Gasteiger partial charge in [0.05, 0.1) is 31.8 Å². The number of benzene rings is 1. The molecule has 0 bridgehead atoms. The maximum Gasteiger partial charge on any atom is 0.325 e. The van der Waals surface area contributed by atoms with E-state index in [-0.39, 0.29) is 18.3 Å². The molecule has 1 rings (SSSR count). The van der Waals surface area contributed by atoms with E-state index in [2.05, 4.69) is 4.72 Å². The van der Waals surface area contributed by atoms with E-state index < -0.39 is 32.9 Å². The first-order chi connectivity index (χ1) is 13.6. The molecule has 1 aromatic carbocycles. The molecule has 0 radical (unpaired) electrons. The fourth-order valence-corrected chi connectivity index (χ4v) is 4.82. The number of hydrogen-bond acceptors (Lipinski definition) is 9. The lowest BCUT2D eigenvalue weighted by Crippen LogP contribution is -2.53. The Morgan fingerprint density at radius 2 is 1.83 bits per heavy atom. The zero-order valence-corrected chi connectivity index (χ0v) is 18.8. The van der Waals surface area contributed by atoms with E-state index in [1.165, 1.54) is 57.4 Å². The predicted octanol–water partition coefficient (Wildman–Crippen LogP) is 1.01. The van der Waals surface area contributed by atoms with Gasteiger partial charge in [0.2, 0.25) is 10.0 Å². The Morgan fingerprint density at radius 3 is 2.31 bits per heavy atom. The van der Waals surface area contributed by atoms with Crippen LogP contribution in [0.3, 0.4) is 0 Å². The normalized spacial score (nSPS) is 14.3. The molecule has 0 unspecified atom stereocenters. The van der Waals surface area contributed by atoms with Crippen molar-refractivity contribution in [3.05, 3.63) is 24.3 Å². The number of ether oxygens (including phenoxy) is 4. The number of rotatable bonds is 13. The summed E-state index contributed by atoms with van der Waals surface area (Å²) in [6.45, 7) is 3.19. The standard InChI is InChI=1S/C18H29NO8S2/c1-18(2,28-11-14(10-20)27-12-24-3)16(17(21)26-5)19-29(22,23)15-8-6-13(25-4)7-9-15/h6-9,14,16,19-20H,10-12H2,1-5H3/t14-,16-/m0/s1. The van der Waals surface area contributed by atoms with Crippen LogP contribution >= 0.6 is 11.8 Å². The van der Waals surface area contributed by atoms with Crippen LogP contribution in [-0.4, -0.2) is 76.9 Å². The summed E-state index contributed by atoms with van der Waals surface area (Å²) in [5, 5.41) is 9.41. The molecule has 0 aliphatic carbocycles. The maximum atomic E-state index is 12.8. The average Bonchev–Trinajstić information content (AvgIpc) is 2.71. The van der Waals surface area contributed by atoms with Crippen molar-refractivity contribution in [3.8, 4) is 5.75 Å². The fraction of sp³-hybridized carbons (Fsp3) is 0.611. The summed E-state index contributed by atoms with van der Waals surface area (Å²) < 4.78 is 47.1. The number of carbonyl (C=O) groups excluding carboxylic acids is 1. The average molecular weight is 452 g/mol. The molecule has 2 N–H and O–H groups in total. The first kappa shape index (κ1) is 25.7. The molecule has 0 saturated carbocycles. The van der Waals surface area contributed by atoms with Crippen molar-refractivity contribution >= 4 is 27.8 Å². The minimum Gasteiger partial charge on any atom is -0.497 e. The SMILES string of the molecule is COCO[C@@H](CO)CSC(C)(C)[C@@H](NS(=O)(=O)c1ccc(OC)cc1)C(=O)OC. The first-order valence-electron chi connectivity index (χ1n) is 8.70. The van der Waals surface area contributed by atoms with Crippen LogP contribution in [0.25, 0.3) is 0 Å². The van der Waals surface area contributed by atoms with E-state index in [0.29, 0.717) is 11.5 Å². The molecule has 0 spiro atoms. The molecule has 2 atom stereocenters. The van der Waals surface area contributed by atoms with Crippen molar-refractivity contribution < 1.29 is 37.3 Å². The number of sulfonamides is 1. The van der Waals surface area contributed by atoms with Gasteiger partial charge >= 0.3 is 5.97 Å². The highest BCUT2D eigenvalue weighted by Crippen LogP contribution is 2.31. The maximum absolute atomic E-state index is 12.8. The molecule has 166 valence electrons. The molecule has 0 amide bonds. The van der Waals surface area contributed by atoms with E-state index in [1.54, 1.807) is 13.8 Å². The van der Waals surface area contributed by atoms with Gasteiger partial charge in [0.15, 0.2) is 0 Å². The predicted molar refractivity (Wildman–Crippen MR) is 109 cm³/mol. The first-order valence-corrected chi connectivity index (χ1v) is 11.2. The smallest absolute Gasteiger partial charge is 0.325 e. The zero-order chi connectivity index (χ0) is 22.1. The summed E-state index contributed by atoms with van der Waals surface area (Å²) in [6, 6.07) is 4.62. The summed E-state index contributed by atoms with van der Waals surface area (Å²) >= 11 is 1.27. The Bertz CT molecular complexity index is 737. The van der Waals surface area contributed by atoms with Gasteiger partial charge < -0.3 is 24.1 Å². The summed E-state index contributed by atoms with van der Waals surface area (Å²) in [5.74, 6) is 0.0957. The van der Waals surface area contributed by atoms with Crippen molar-refractivity contribution in [2.24, 2.45) is 0 Å². The van der Waals surface area contributed by atoms with Gasteiger partial charge in [-0.3, -0.25) is 4.79 Å². The molecule has 0 aliphatic heterocycles. The summed E-state index contributed by atoms with van der Waals surface area (Å²) in [7, 11) is 0.131. The van der Waals surface area contributed by atoms with Crippen LogP contribution in [-0.2, 0) is 29.0 Å². The van der Waals surface area contributed by atoms with Gasteiger partial charge in [-0.15, -0.1) is 0 Å². The second-order valence-corrected chi connectivity index (χ2v) is 9.93. The number of hydrogen-bond donors (Lipinski definition) is 2. The van der Waals surface area contributed by atoms with Crippen LogP contribution in [0.15, 0.2) is 29.2 Å². The van der Waals surface area contributed by atoms with Crippen LogP contribution < -0.4 is 9.46 Å². The minimum atomic E-state index is -4.00. The molecule has 1 aromatic rings. The quantitative estimate of drug-likeness (QED) is 0.334. The van der Waals surface area contributed by atoms with E-state index in [4.69, 9.17) is 18.9 Å². The Morgan fingerprint density at radius 1 is 1.21 bits per heavy atom. The summed E-state index contributed by atoms with van der Waals surface area (Å²) in [5.41, 5.74) is 0. The molecule has 0 heterocycles. The van der Waals surface area contributed by atoms with Crippen molar-refractivity contribution in [2.45, 2.75) is 35.6 Å². The third-order valence-electron chi connectivity index (χ3n) is 4.04. The lowest BCUT2D eigenvalue weighted by Gasteiger charge is -2.33. The number of thioether (sulfide) groups is 1. The molecule has 0 saturated heterocycles. The number of esters is 1. The van der Waals surface area contributed by atoms with Gasteiger partial charge in [-0.1, -0.05) is 0 Å². The van der Waals surface area contributed by atoms with Crippen LogP contribution in [0.2, 0.25) is 0 Å². The van der Waals surface area contributed by atoms with Crippen molar-refractivity contribution in [3.63, 3.8) is 0 Å². The van der Waals surface area contributed by atoms with Gasteiger partial charge in [0, 0.05) is 17.6 Å². The van der Waals surface area contributed by atoms with Crippen LogP contribution in [0.5, 0.6) is 5.75 Å². The van der Waals surface area contributed by atoms with Gasteiger partial charge in [-0.05, 0) is 38.1 Å². The number of aliphatic hydroxyl groups is 1. The highest BCUT2D eigenvalue weighted by molar-refractivity contribution is 8.00. The number of aliphatic hydroxyl groups excluding tert-OH is 1. The van der Waals surface area contributed by atoms with E-state index in [9.17, 15) is 18.3 Å². The van der Waals surface area contributed by atoms with Crippen molar-refractivity contribution in [2.75, 3.05) is 40.5 Å². The third kappa shape index (κ3) is 7.76. The van der Waals surface area contributed by atoms with Crippen LogP contribution in [0.4, 0.5) is 0 Å². The van der Waals surface area contributed by atoms with E-state index in [1.807, 2.05) is 0 Å². The summed E-state index contributed by atoms with van der Waals surface area (Å²) in [4.78, 5) is 12.4. The van der Waals surface area contributed by atoms with Gasteiger partial charge in [0.1, 0.15) is 18.6 Å². The zero-order valence-electron chi connectivity index (χ0n) is 17.2. The molecule has 9 nitrogen and oxygen atoms in total. The van der Waals surface area contributed by atoms with Gasteiger partial charge in [0.25, 0.3) is 0 Å². The molecule has 29 heavy (non-hydrogen) atoms. The number of nitrogens with one attached hydrogen (secondary N) is 1. The Kier molecular flexibility index (Phi) is 10.4. The lowest BCUT2D eigenvalue weighted by atomic mass is 10.0. The van der Waals surface area contributed by atoms with E-state index in [0.717, 1.165) is 0 Å². The number of carbonyl (C=O) groups is 1. The molecule has 0 aromatic heterocycles. The van der Waals surface area contributed by atoms with Gasteiger partial charge in [-0.25, -0.2) is 8.42 Å². The molecule has 0 fully saturated rings. The largest absolute Gasteiger partial charge is 0.497 e. The monoisotopic (exact) mass is 451 g/mol. The van der Waals surface area contributed by atoms with E-state index >= 15 is 0 Å². The Balaban J connectivity index is 3.00. The Labute approximate surface area is 176 Å². The minimum absolute atomic E-state index is 0.00957. The Hall–Kier alpha value is -1.37. The molecule has 0 aliphatic rings. The molecular formula is C18H29NO8S2. The molecular weight excluding hydrogens is 422 g/mol. The van der Waals surface area contributed by atoms with Crippen LogP contribution in [0.1, 0.15) is 13.8 Å². The fourth-order valence-electron chi connectivity index (χ4n) is 2.28. The van der Waals surface area contributed by atoms with Crippen molar-refractivity contribution in [1.29, 1.82) is 0 Å². The van der Waals surface area contributed by atoms with Gasteiger partial charge in [-0.2, -0.15) is 16.5 Å². The van der Waals surface area contributed by atoms with Crippen LogP contribution in [0, 0.1) is 0 Å². The second kappa shape index (κ2) is 11.7. The highest BCUT2D eigenvalue weighted by atomic mass is 32.2. The second-order valence-electron chi connectivity index (χ2n) is 6.55. The highest BCUT2D eigenvalue weighted by Gasteiger charge is 2.40. The lowest BCUT2D eigenvalue weighted by molar-refractivity contribution is -0.143. The number of methoxy groups -OCH3 is 3. The van der Waals surface area contributed by atoms with Crippen molar-refractivity contribution in [1.82, 2.24) is 4.72 Å². The third-order valence-corrected chi connectivity index (χ3v) is 7.00.